The van der Waals surface area contributed by atoms with Gasteiger partial charge in [-0.1, -0.05) is 29.0 Å². The number of aromatic nitrogens is 1. The van der Waals surface area contributed by atoms with Gasteiger partial charge in [0, 0.05) is 6.61 Å². The summed E-state index contributed by atoms with van der Waals surface area (Å²) >= 11 is 9.17. The number of benzene rings is 1. The second-order valence-electron chi connectivity index (χ2n) is 5.95. The largest absolute Gasteiger partial charge is 0.494 e. The molecule has 1 amide bonds. The molecule has 0 bridgehead atoms. The zero-order valence-electron chi connectivity index (χ0n) is 14.1. The van der Waals surface area contributed by atoms with E-state index in [9.17, 15) is 4.79 Å². The molecule has 1 fully saturated rings. The van der Waals surface area contributed by atoms with Crippen LogP contribution in [-0.2, 0) is 4.74 Å². The molecule has 4 rings (SSSR count). The second-order valence-corrected chi connectivity index (χ2v) is 8.28. The van der Waals surface area contributed by atoms with E-state index in [1.165, 1.54) is 22.7 Å². The average molecular weight is 409 g/mol. The quantitative estimate of drug-likeness (QED) is 0.605. The van der Waals surface area contributed by atoms with Gasteiger partial charge in [0.1, 0.15) is 11.3 Å². The monoisotopic (exact) mass is 408 g/mol. The number of halogens is 1. The molecule has 0 radical (unpaired) electrons. The molecule has 5 nitrogen and oxygen atoms in total. The summed E-state index contributed by atoms with van der Waals surface area (Å²) in [6.07, 6.45) is 2.00. The van der Waals surface area contributed by atoms with Gasteiger partial charge >= 0.3 is 0 Å². The van der Waals surface area contributed by atoms with Crippen molar-refractivity contribution in [2.24, 2.45) is 0 Å². The van der Waals surface area contributed by atoms with E-state index in [1.54, 1.807) is 24.1 Å². The number of hydrogen-bond donors (Lipinski definition) is 0. The predicted molar refractivity (Wildman–Crippen MR) is 106 cm³/mol. The molecular formula is C18H17ClN2O3S2. The molecule has 1 aromatic carbocycles. The lowest BCUT2D eigenvalue weighted by Gasteiger charge is -2.22. The zero-order valence-corrected chi connectivity index (χ0v) is 16.5. The molecule has 3 heterocycles. The molecule has 0 spiro atoms. The lowest BCUT2D eigenvalue weighted by Crippen LogP contribution is -2.37. The maximum absolute atomic E-state index is 13.1. The molecule has 1 atom stereocenters. The zero-order chi connectivity index (χ0) is 18.1. The maximum Gasteiger partial charge on any atom is 0.270 e. The van der Waals surface area contributed by atoms with Crippen molar-refractivity contribution in [3.05, 3.63) is 39.5 Å². The Balaban J connectivity index is 1.76. The molecule has 8 heteroatoms. The van der Waals surface area contributed by atoms with Gasteiger partial charge < -0.3 is 9.47 Å². The lowest BCUT2D eigenvalue weighted by molar-refractivity contribution is 0.0920. The molecule has 136 valence electrons. The topological polar surface area (TPSA) is 51.7 Å². The van der Waals surface area contributed by atoms with Crippen LogP contribution >= 0.6 is 34.3 Å². The van der Waals surface area contributed by atoms with Crippen LogP contribution in [0.3, 0.4) is 0 Å². The number of rotatable bonds is 5. The first kappa shape index (κ1) is 17.7. The molecule has 1 aliphatic heterocycles. The number of amides is 1. The number of thiophene rings is 1. The van der Waals surface area contributed by atoms with Gasteiger partial charge in [0.2, 0.25) is 0 Å². The first-order valence-corrected chi connectivity index (χ1v) is 10.3. The fourth-order valence-electron chi connectivity index (χ4n) is 2.99. The summed E-state index contributed by atoms with van der Waals surface area (Å²) in [6, 6.07) is 7.28. The number of carbonyl (C=O) groups excluding carboxylic acids is 1. The van der Waals surface area contributed by atoms with Crippen LogP contribution in [0.15, 0.2) is 29.6 Å². The maximum atomic E-state index is 13.1. The number of thiazole rings is 1. The Morgan fingerprint density at radius 2 is 2.35 bits per heavy atom. The van der Waals surface area contributed by atoms with Gasteiger partial charge in [-0.15, -0.1) is 11.3 Å². The number of carbonyl (C=O) groups is 1. The van der Waals surface area contributed by atoms with E-state index in [0.717, 1.165) is 24.1 Å². The summed E-state index contributed by atoms with van der Waals surface area (Å²) in [7, 11) is 1.60. The van der Waals surface area contributed by atoms with E-state index < -0.39 is 0 Å². The minimum atomic E-state index is -0.0651. The van der Waals surface area contributed by atoms with Gasteiger partial charge in [-0.2, -0.15) is 0 Å². The second kappa shape index (κ2) is 7.52. The smallest absolute Gasteiger partial charge is 0.270 e. The molecule has 1 saturated heterocycles. The van der Waals surface area contributed by atoms with Crippen molar-refractivity contribution in [3.63, 3.8) is 0 Å². The summed E-state index contributed by atoms with van der Waals surface area (Å²) in [6.45, 7) is 1.22. The third kappa shape index (κ3) is 3.32. The molecule has 1 aliphatic rings. The highest BCUT2D eigenvalue weighted by Crippen LogP contribution is 2.39. The van der Waals surface area contributed by atoms with Gasteiger partial charge in [0.25, 0.3) is 5.91 Å². The number of ether oxygens (including phenoxy) is 2. The van der Waals surface area contributed by atoms with Crippen LogP contribution in [0.5, 0.6) is 5.75 Å². The Kier molecular flexibility index (Phi) is 5.13. The third-order valence-electron chi connectivity index (χ3n) is 4.29. The molecule has 0 saturated carbocycles. The third-order valence-corrected chi connectivity index (χ3v) is 6.68. The van der Waals surface area contributed by atoms with Crippen LogP contribution in [0, 0.1) is 0 Å². The summed E-state index contributed by atoms with van der Waals surface area (Å²) in [5.74, 6) is 0.581. The number of methoxy groups -OCH3 is 1. The predicted octanol–water partition coefficient (Wildman–Crippen LogP) is 4.85. The Hall–Kier alpha value is -1.67. The summed E-state index contributed by atoms with van der Waals surface area (Å²) in [4.78, 5) is 20.2. The number of fused-ring (bicyclic) bond motifs is 1. The Labute approximate surface area is 164 Å². The first-order valence-electron chi connectivity index (χ1n) is 8.27. The molecule has 2 aromatic heterocycles. The van der Waals surface area contributed by atoms with Crippen molar-refractivity contribution in [1.82, 2.24) is 4.98 Å². The van der Waals surface area contributed by atoms with E-state index in [0.29, 0.717) is 32.8 Å². The normalized spacial score (nSPS) is 16.9. The van der Waals surface area contributed by atoms with Crippen LogP contribution in [0.1, 0.15) is 22.5 Å². The molecule has 0 N–H and O–H groups in total. The summed E-state index contributed by atoms with van der Waals surface area (Å²) in [5.41, 5.74) is 0.677. The van der Waals surface area contributed by atoms with E-state index in [-0.39, 0.29) is 12.0 Å². The Morgan fingerprint density at radius 1 is 1.46 bits per heavy atom. The van der Waals surface area contributed by atoms with Gasteiger partial charge in [-0.25, -0.2) is 4.98 Å². The molecule has 26 heavy (non-hydrogen) atoms. The number of anilines is 1. The first-order chi connectivity index (χ1) is 12.7. The highest BCUT2D eigenvalue weighted by atomic mass is 35.5. The van der Waals surface area contributed by atoms with Gasteiger partial charge in [-0.3, -0.25) is 9.69 Å². The van der Waals surface area contributed by atoms with Crippen molar-refractivity contribution in [3.8, 4) is 5.75 Å². The fraction of sp³-hybridized carbons (Fsp3) is 0.333. The standard InChI is InChI=1S/C18H17ClN2O3S2/c1-23-13-7-6-12(19)16-15(13)20-18(26-16)21(10-11-4-2-8-24-11)17(22)14-5-3-9-25-14/h3,5-7,9,11H,2,4,8,10H2,1H3. The van der Waals surface area contributed by atoms with Crippen molar-refractivity contribution in [2.75, 3.05) is 25.2 Å². The summed E-state index contributed by atoms with van der Waals surface area (Å²) in [5, 5.41) is 3.11. The van der Waals surface area contributed by atoms with Crippen LogP contribution < -0.4 is 9.64 Å². The highest BCUT2D eigenvalue weighted by molar-refractivity contribution is 7.23. The Bertz CT molecular complexity index is 920. The number of hydrogen-bond acceptors (Lipinski definition) is 6. The van der Waals surface area contributed by atoms with Crippen LogP contribution in [0.4, 0.5) is 5.13 Å². The highest BCUT2D eigenvalue weighted by Gasteiger charge is 2.28. The van der Waals surface area contributed by atoms with E-state index in [4.69, 9.17) is 21.1 Å². The summed E-state index contributed by atoms with van der Waals surface area (Å²) < 4.78 is 12.0. The van der Waals surface area contributed by atoms with Crippen LogP contribution in [0.25, 0.3) is 10.2 Å². The molecule has 0 aliphatic carbocycles. The molecule has 3 aromatic rings. The van der Waals surface area contributed by atoms with Crippen molar-refractivity contribution < 1.29 is 14.3 Å². The van der Waals surface area contributed by atoms with Gasteiger partial charge in [-0.05, 0) is 36.4 Å². The lowest BCUT2D eigenvalue weighted by atomic mass is 10.2. The van der Waals surface area contributed by atoms with Crippen molar-refractivity contribution >= 4 is 55.5 Å². The van der Waals surface area contributed by atoms with Gasteiger partial charge in [0.05, 0.1) is 34.4 Å². The Morgan fingerprint density at radius 3 is 3.04 bits per heavy atom. The number of nitrogens with zero attached hydrogens (tertiary/aromatic N) is 2. The minimum Gasteiger partial charge on any atom is -0.494 e. The van der Waals surface area contributed by atoms with E-state index >= 15 is 0 Å². The van der Waals surface area contributed by atoms with Crippen molar-refractivity contribution in [2.45, 2.75) is 18.9 Å². The minimum absolute atomic E-state index is 0.0308. The molecule has 1 unspecified atom stereocenters. The average Bonchev–Trinajstić information content (AvgIpc) is 3.40. The van der Waals surface area contributed by atoms with E-state index in [1.807, 2.05) is 17.5 Å². The van der Waals surface area contributed by atoms with Crippen molar-refractivity contribution in [1.29, 1.82) is 0 Å². The SMILES string of the molecule is COc1ccc(Cl)c2sc(N(CC3CCCO3)C(=O)c3cccs3)nc12. The van der Waals surface area contributed by atoms with Crippen LogP contribution in [0.2, 0.25) is 5.02 Å². The van der Waals surface area contributed by atoms with Crippen LogP contribution in [-0.4, -0.2) is 37.3 Å². The molecular weight excluding hydrogens is 392 g/mol. The fourth-order valence-corrected chi connectivity index (χ4v) is 4.93. The van der Waals surface area contributed by atoms with E-state index in [2.05, 4.69) is 4.98 Å². The van der Waals surface area contributed by atoms with Gasteiger partial charge in [0.15, 0.2) is 5.13 Å².